The molecule has 0 radical (unpaired) electrons. The monoisotopic (exact) mass is 249 g/mol. The van der Waals surface area contributed by atoms with E-state index in [9.17, 15) is 10.1 Å². The highest BCUT2D eigenvalue weighted by molar-refractivity contribution is 5.69. The van der Waals surface area contributed by atoms with Crippen LogP contribution >= 0.6 is 0 Å². The van der Waals surface area contributed by atoms with Crippen LogP contribution in [-0.2, 0) is 0 Å². The summed E-state index contributed by atoms with van der Waals surface area (Å²) in [5.41, 5.74) is 7.49. The maximum Gasteiger partial charge on any atom is 0.271 e. The number of nitrogens with one attached hydrogen (secondary N) is 1. The number of nitro benzene ring substituents is 1. The van der Waals surface area contributed by atoms with Gasteiger partial charge in [-0.2, -0.15) is 0 Å². The van der Waals surface area contributed by atoms with Crippen molar-refractivity contribution in [1.82, 2.24) is 0 Å². The normalized spacial score (nSPS) is 16.9. The minimum atomic E-state index is -0.431. The lowest BCUT2D eigenvalue weighted by molar-refractivity contribution is -0.384. The maximum absolute atomic E-state index is 10.6. The van der Waals surface area contributed by atoms with Crippen molar-refractivity contribution in [3.8, 4) is 0 Å². The highest BCUT2D eigenvalue weighted by Gasteiger charge is 2.34. The largest absolute Gasteiger partial charge is 0.397 e. The summed E-state index contributed by atoms with van der Waals surface area (Å²) < 4.78 is 0. The summed E-state index contributed by atoms with van der Waals surface area (Å²) in [5.74, 6) is 0. The Bertz CT molecular complexity index is 450. The third-order valence-corrected chi connectivity index (χ3v) is 4.06. The Morgan fingerprint density at radius 2 is 2.22 bits per heavy atom. The first kappa shape index (κ1) is 12.7. The second-order valence-electron chi connectivity index (χ2n) is 5.09. The fourth-order valence-corrected chi connectivity index (χ4v) is 2.44. The number of rotatable bonds is 5. The minimum absolute atomic E-state index is 0.0342. The molecule has 0 amide bonds. The molecule has 2 rings (SSSR count). The molecule has 0 heterocycles. The number of nitrogens with zero attached hydrogens (tertiary/aromatic N) is 1. The van der Waals surface area contributed by atoms with Crippen molar-refractivity contribution >= 4 is 17.1 Å². The quantitative estimate of drug-likeness (QED) is 0.477. The molecule has 1 aromatic rings. The Morgan fingerprint density at radius 3 is 2.67 bits per heavy atom. The first-order chi connectivity index (χ1) is 8.56. The zero-order valence-corrected chi connectivity index (χ0v) is 10.6. The molecule has 0 spiro atoms. The predicted molar refractivity (Wildman–Crippen MR) is 72.6 cm³/mol. The number of hydrogen-bond donors (Lipinski definition) is 2. The number of nitrogens with two attached hydrogens (primary N) is 1. The molecule has 1 aliphatic rings. The van der Waals surface area contributed by atoms with Crippen molar-refractivity contribution in [2.45, 2.75) is 32.6 Å². The molecule has 1 fully saturated rings. The van der Waals surface area contributed by atoms with Crippen LogP contribution in [0.2, 0.25) is 0 Å². The molecule has 0 aliphatic heterocycles. The van der Waals surface area contributed by atoms with E-state index >= 15 is 0 Å². The highest BCUT2D eigenvalue weighted by Crippen LogP contribution is 2.44. The zero-order valence-electron chi connectivity index (χ0n) is 10.6. The van der Waals surface area contributed by atoms with Gasteiger partial charge in [0.2, 0.25) is 0 Å². The summed E-state index contributed by atoms with van der Waals surface area (Å²) in [6.45, 7) is 3.10. The van der Waals surface area contributed by atoms with Gasteiger partial charge in [0, 0.05) is 18.7 Å². The van der Waals surface area contributed by atoms with E-state index in [0.29, 0.717) is 11.1 Å². The summed E-state index contributed by atoms with van der Waals surface area (Å²) in [4.78, 5) is 10.2. The van der Waals surface area contributed by atoms with Crippen molar-refractivity contribution < 1.29 is 4.92 Å². The van der Waals surface area contributed by atoms with E-state index < -0.39 is 4.92 Å². The number of non-ortho nitro benzene ring substituents is 1. The highest BCUT2D eigenvalue weighted by atomic mass is 16.6. The number of hydrogen-bond acceptors (Lipinski definition) is 4. The van der Waals surface area contributed by atoms with E-state index in [1.807, 2.05) is 0 Å². The lowest BCUT2D eigenvalue weighted by Gasteiger charge is -2.41. The number of benzene rings is 1. The van der Waals surface area contributed by atoms with Gasteiger partial charge in [-0.05, 0) is 30.7 Å². The molecular weight excluding hydrogens is 230 g/mol. The third-order valence-electron chi connectivity index (χ3n) is 4.06. The lowest BCUT2D eigenvalue weighted by atomic mass is 9.67. The molecule has 0 aromatic heterocycles. The van der Waals surface area contributed by atoms with Crippen LogP contribution in [0.3, 0.4) is 0 Å². The Labute approximate surface area is 107 Å². The first-order valence-electron chi connectivity index (χ1n) is 6.34. The molecule has 5 nitrogen and oxygen atoms in total. The third kappa shape index (κ3) is 2.39. The molecule has 0 bridgehead atoms. The Morgan fingerprint density at radius 1 is 1.50 bits per heavy atom. The summed E-state index contributed by atoms with van der Waals surface area (Å²) in [7, 11) is 0. The standard InChI is InChI=1S/C13H19N3O2/c1-2-13(6-3-7-13)9-15-12-5-4-10(16(17)18)8-11(12)14/h4-5,8,15H,2-3,6-7,9,14H2,1H3. The van der Waals surface area contributed by atoms with Crippen LogP contribution in [0.4, 0.5) is 17.1 Å². The van der Waals surface area contributed by atoms with Crippen LogP contribution in [-0.4, -0.2) is 11.5 Å². The smallest absolute Gasteiger partial charge is 0.271 e. The Hall–Kier alpha value is -1.78. The van der Waals surface area contributed by atoms with Crippen LogP contribution in [0.1, 0.15) is 32.6 Å². The molecular formula is C13H19N3O2. The second-order valence-corrected chi connectivity index (χ2v) is 5.09. The predicted octanol–water partition coefficient (Wildman–Crippen LogP) is 3.17. The van der Waals surface area contributed by atoms with Crippen molar-refractivity contribution in [2.24, 2.45) is 5.41 Å². The molecule has 0 saturated heterocycles. The van der Waals surface area contributed by atoms with E-state index in [2.05, 4.69) is 12.2 Å². The summed E-state index contributed by atoms with van der Waals surface area (Å²) in [6, 6.07) is 4.58. The molecule has 3 N–H and O–H groups in total. The van der Waals surface area contributed by atoms with Crippen LogP contribution < -0.4 is 11.1 Å². The van der Waals surface area contributed by atoms with Crippen LogP contribution in [0.25, 0.3) is 0 Å². The average Bonchev–Trinajstić information content (AvgIpc) is 2.29. The van der Waals surface area contributed by atoms with Gasteiger partial charge in [0.1, 0.15) is 0 Å². The van der Waals surface area contributed by atoms with Crippen molar-refractivity contribution in [2.75, 3.05) is 17.6 Å². The van der Waals surface area contributed by atoms with Gasteiger partial charge in [-0.25, -0.2) is 0 Å². The van der Waals surface area contributed by atoms with Crippen LogP contribution in [0.15, 0.2) is 18.2 Å². The van der Waals surface area contributed by atoms with Gasteiger partial charge in [0.05, 0.1) is 16.3 Å². The minimum Gasteiger partial charge on any atom is -0.397 e. The van der Waals surface area contributed by atoms with Gasteiger partial charge in [-0.3, -0.25) is 10.1 Å². The van der Waals surface area contributed by atoms with Crippen LogP contribution in [0.5, 0.6) is 0 Å². The average molecular weight is 249 g/mol. The van der Waals surface area contributed by atoms with E-state index in [0.717, 1.165) is 18.7 Å². The molecule has 0 unspecified atom stereocenters. The number of anilines is 2. The molecule has 1 saturated carbocycles. The van der Waals surface area contributed by atoms with Crippen LogP contribution in [0, 0.1) is 15.5 Å². The molecule has 5 heteroatoms. The maximum atomic E-state index is 10.6. The van der Waals surface area contributed by atoms with Gasteiger partial charge >= 0.3 is 0 Å². The first-order valence-corrected chi connectivity index (χ1v) is 6.34. The second kappa shape index (κ2) is 4.84. The van der Waals surface area contributed by atoms with Crippen molar-refractivity contribution in [1.29, 1.82) is 0 Å². The van der Waals surface area contributed by atoms with Gasteiger partial charge in [0.25, 0.3) is 5.69 Å². The van der Waals surface area contributed by atoms with Gasteiger partial charge in [0.15, 0.2) is 0 Å². The van der Waals surface area contributed by atoms with E-state index in [1.54, 1.807) is 6.07 Å². The summed E-state index contributed by atoms with van der Waals surface area (Å²) >= 11 is 0. The molecule has 0 atom stereocenters. The van der Waals surface area contributed by atoms with E-state index in [-0.39, 0.29) is 5.69 Å². The van der Waals surface area contributed by atoms with Gasteiger partial charge in [-0.15, -0.1) is 0 Å². The summed E-state index contributed by atoms with van der Waals surface area (Å²) in [6.07, 6.45) is 4.96. The number of nitro groups is 1. The summed E-state index contributed by atoms with van der Waals surface area (Å²) in [5, 5.41) is 13.9. The SMILES string of the molecule is CCC1(CNc2ccc([N+](=O)[O-])cc2N)CCC1. The molecule has 1 aliphatic carbocycles. The molecule has 18 heavy (non-hydrogen) atoms. The number of nitrogen functional groups attached to an aromatic ring is 1. The van der Waals surface area contributed by atoms with Crippen molar-refractivity contribution in [3.05, 3.63) is 28.3 Å². The fourth-order valence-electron chi connectivity index (χ4n) is 2.44. The lowest BCUT2D eigenvalue weighted by Crippen LogP contribution is -2.35. The molecule has 98 valence electrons. The Balaban J connectivity index is 2.03. The topological polar surface area (TPSA) is 81.2 Å². The van der Waals surface area contributed by atoms with Gasteiger partial charge in [-0.1, -0.05) is 13.3 Å². The zero-order chi connectivity index (χ0) is 13.2. The fraction of sp³-hybridized carbons (Fsp3) is 0.538. The van der Waals surface area contributed by atoms with E-state index in [1.165, 1.54) is 31.4 Å². The van der Waals surface area contributed by atoms with Crippen molar-refractivity contribution in [3.63, 3.8) is 0 Å². The molecule has 1 aromatic carbocycles. The van der Waals surface area contributed by atoms with Gasteiger partial charge < -0.3 is 11.1 Å². The Kier molecular flexibility index (Phi) is 3.41. The van der Waals surface area contributed by atoms with E-state index in [4.69, 9.17) is 5.73 Å².